The summed E-state index contributed by atoms with van der Waals surface area (Å²) in [6.07, 6.45) is 0.369. The molecule has 0 radical (unpaired) electrons. The van der Waals surface area contributed by atoms with Crippen molar-refractivity contribution in [1.82, 2.24) is 0 Å². The monoisotopic (exact) mass is 207 g/mol. The van der Waals surface area contributed by atoms with Gasteiger partial charge in [0, 0.05) is 0 Å². The Kier molecular flexibility index (Phi) is 3.11. The van der Waals surface area contributed by atoms with Crippen molar-refractivity contribution in [1.29, 1.82) is 0 Å². The number of ether oxygens (including phenoxy) is 2. The highest BCUT2D eigenvalue weighted by molar-refractivity contribution is 5.57. The Hall–Kier alpha value is -1.22. The fourth-order valence-electron chi connectivity index (χ4n) is 1.55. The lowest BCUT2D eigenvalue weighted by Gasteiger charge is -2.27. The molecule has 3 nitrogen and oxygen atoms in total. The van der Waals surface area contributed by atoms with Gasteiger partial charge in [-0.15, -0.1) is 0 Å². The van der Waals surface area contributed by atoms with Gasteiger partial charge in [-0.25, -0.2) is 0 Å². The molecular weight excluding hydrogens is 190 g/mol. The molecule has 0 aliphatic carbocycles. The zero-order chi connectivity index (χ0) is 10.7. The van der Waals surface area contributed by atoms with E-state index in [9.17, 15) is 0 Å². The van der Waals surface area contributed by atoms with Crippen molar-refractivity contribution in [2.24, 2.45) is 0 Å². The molecule has 82 valence electrons. The zero-order valence-electron chi connectivity index (χ0n) is 9.19. The summed E-state index contributed by atoms with van der Waals surface area (Å²) in [5.41, 5.74) is 1.07. The third-order valence-electron chi connectivity index (χ3n) is 2.32. The molecule has 1 atom stereocenters. The van der Waals surface area contributed by atoms with Crippen LogP contribution in [-0.4, -0.2) is 25.4 Å². The summed E-state index contributed by atoms with van der Waals surface area (Å²) >= 11 is 0. The van der Waals surface area contributed by atoms with Crippen LogP contribution in [0.3, 0.4) is 0 Å². The SMILES string of the molecule is CC(C)OCC1CNc2ccccc2O1. The van der Waals surface area contributed by atoms with Gasteiger partial charge in [0.25, 0.3) is 0 Å². The van der Waals surface area contributed by atoms with Gasteiger partial charge >= 0.3 is 0 Å². The second-order valence-electron chi connectivity index (χ2n) is 4.00. The molecule has 1 aliphatic rings. The van der Waals surface area contributed by atoms with E-state index in [-0.39, 0.29) is 12.2 Å². The first-order chi connectivity index (χ1) is 7.25. The predicted molar refractivity (Wildman–Crippen MR) is 60.4 cm³/mol. The minimum atomic E-state index is 0.113. The Morgan fingerprint density at radius 1 is 1.47 bits per heavy atom. The molecule has 0 saturated heterocycles. The standard InChI is InChI=1S/C12H17NO2/c1-9(2)14-8-10-7-13-11-5-3-4-6-12(11)15-10/h3-6,9-10,13H,7-8H2,1-2H3. The number of anilines is 1. The molecule has 0 saturated carbocycles. The molecule has 1 aromatic carbocycles. The minimum Gasteiger partial charge on any atom is -0.484 e. The first kappa shape index (κ1) is 10.3. The van der Waals surface area contributed by atoms with Gasteiger partial charge in [-0.05, 0) is 26.0 Å². The van der Waals surface area contributed by atoms with E-state index in [1.165, 1.54) is 0 Å². The van der Waals surface area contributed by atoms with Gasteiger partial charge in [0.15, 0.2) is 0 Å². The fraction of sp³-hybridized carbons (Fsp3) is 0.500. The first-order valence-corrected chi connectivity index (χ1v) is 5.37. The van der Waals surface area contributed by atoms with E-state index in [2.05, 4.69) is 5.32 Å². The highest BCUT2D eigenvalue weighted by Gasteiger charge is 2.18. The van der Waals surface area contributed by atoms with Crippen molar-refractivity contribution in [3.05, 3.63) is 24.3 Å². The van der Waals surface area contributed by atoms with Crippen LogP contribution < -0.4 is 10.1 Å². The summed E-state index contributed by atoms with van der Waals surface area (Å²) in [6, 6.07) is 7.98. The van der Waals surface area contributed by atoms with Crippen LogP contribution in [0.15, 0.2) is 24.3 Å². The van der Waals surface area contributed by atoms with Crippen LogP contribution in [0.4, 0.5) is 5.69 Å². The number of hydrogen-bond donors (Lipinski definition) is 1. The third-order valence-corrected chi connectivity index (χ3v) is 2.32. The molecule has 1 N–H and O–H groups in total. The van der Waals surface area contributed by atoms with Crippen LogP contribution in [0.1, 0.15) is 13.8 Å². The molecule has 2 rings (SSSR count). The minimum absolute atomic E-state index is 0.113. The van der Waals surface area contributed by atoms with Crippen molar-refractivity contribution in [2.45, 2.75) is 26.1 Å². The Balaban J connectivity index is 1.94. The second kappa shape index (κ2) is 4.53. The molecule has 15 heavy (non-hydrogen) atoms. The quantitative estimate of drug-likeness (QED) is 0.824. The molecule has 1 unspecified atom stereocenters. The van der Waals surface area contributed by atoms with E-state index in [0.29, 0.717) is 6.61 Å². The number of rotatable bonds is 3. The summed E-state index contributed by atoms with van der Waals surface area (Å²) < 4.78 is 11.3. The third kappa shape index (κ3) is 2.63. The second-order valence-corrected chi connectivity index (χ2v) is 4.00. The fourth-order valence-corrected chi connectivity index (χ4v) is 1.55. The predicted octanol–water partition coefficient (Wildman–Crippen LogP) is 2.28. The highest BCUT2D eigenvalue weighted by Crippen LogP contribution is 2.28. The van der Waals surface area contributed by atoms with Gasteiger partial charge < -0.3 is 14.8 Å². The van der Waals surface area contributed by atoms with Crippen molar-refractivity contribution < 1.29 is 9.47 Å². The Morgan fingerprint density at radius 2 is 2.27 bits per heavy atom. The summed E-state index contributed by atoms with van der Waals surface area (Å²) in [5, 5.41) is 3.33. The molecule has 0 aromatic heterocycles. The van der Waals surface area contributed by atoms with E-state index in [0.717, 1.165) is 18.0 Å². The topological polar surface area (TPSA) is 30.5 Å². The van der Waals surface area contributed by atoms with Gasteiger partial charge in [0.1, 0.15) is 11.9 Å². The zero-order valence-corrected chi connectivity index (χ0v) is 9.19. The van der Waals surface area contributed by atoms with E-state index >= 15 is 0 Å². The van der Waals surface area contributed by atoms with Crippen LogP contribution in [0, 0.1) is 0 Å². The van der Waals surface area contributed by atoms with Gasteiger partial charge in [0.05, 0.1) is 24.9 Å². The molecule has 1 aromatic rings. The van der Waals surface area contributed by atoms with Crippen molar-refractivity contribution >= 4 is 5.69 Å². The van der Waals surface area contributed by atoms with Crippen LogP contribution in [0.25, 0.3) is 0 Å². The van der Waals surface area contributed by atoms with Gasteiger partial charge in [-0.3, -0.25) is 0 Å². The van der Waals surface area contributed by atoms with E-state index < -0.39 is 0 Å². The molecule has 3 heteroatoms. The molecule has 0 amide bonds. The lowest BCUT2D eigenvalue weighted by atomic mass is 10.2. The van der Waals surface area contributed by atoms with Crippen molar-refractivity contribution in [3.8, 4) is 5.75 Å². The van der Waals surface area contributed by atoms with Crippen LogP contribution in [0.2, 0.25) is 0 Å². The van der Waals surface area contributed by atoms with E-state index in [1.54, 1.807) is 0 Å². The van der Waals surface area contributed by atoms with Crippen LogP contribution >= 0.6 is 0 Å². The van der Waals surface area contributed by atoms with Crippen molar-refractivity contribution in [2.75, 3.05) is 18.5 Å². The maximum Gasteiger partial charge on any atom is 0.143 e. The average molecular weight is 207 g/mol. The largest absolute Gasteiger partial charge is 0.484 e. The summed E-state index contributed by atoms with van der Waals surface area (Å²) in [6.45, 7) is 5.51. The molecule has 1 heterocycles. The average Bonchev–Trinajstić information content (AvgIpc) is 2.26. The summed E-state index contributed by atoms with van der Waals surface area (Å²) in [7, 11) is 0. The number of fused-ring (bicyclic) bond motifs is 1. The Bertz CT molecular complexity index is 325. The van der Waals surface area contributed by atoms with Crippen molar-refractivity contribution in [3.63, 3.8) is 0 Å². The highest BCUT2D eigenvalue weighted by atomic mass is 16.5. The summed E-state index contributed by atoms with van der Waals surface area (Å²) in [4.78, 5) is 0. The smallest absolute Gasteiger partial charge is 0.143 e. The van der Waals surface area contributed by atoms with Crippen LogP contribution in [0.5, 0.6) is 5.75 Å². The molecular formula is C12H17NO2. The Labute approximate surface area is 90.4 Å². The lowest BCUT2D eigenvalue weighted by molar-refractivity contribution is 0.0190. The van der Waals surface area contributed by atoms with Crippen LogP contribution in [-0.2, 0) is 4.74 Å². The number of benzene rings is 1. The van der Waals surface area contributed by atoms with E-state index in [1.807, 2.05) is 38.1 Å². The Morgan fingerprint density at radius 3 is 3.07 bits per heavy atom. The number of hydrogen-bond acceptors (Lipinski definition) is 3. The maximum atomic E-state index is 5.79. The number of nitrogens with one attached hydrogen (secondary N) is 1. The lowest BCUT2D eigenvalue weighted by Crippen LogP contribution is -2.35. The summed E-state index contributed by atoms with van der Waals surface area (Å²) in [5.74, 6) is 0.918. The molecule has 0 spiro atoms. The van der Waals surface area contributed by atoms with Gasteiger partial charge in [0.2, 0.25) is 0 Å². The van der Waals surface area contributed by atoms with Gasteiger partial charge in [-0.2, -0.15) is 0 Å². The maximum absolute atomic E-state index is 5.79. The normalized spacial score (nSPS) is 19.3. The first-order valence-electron chi connectivity index (χ1n) is 5.37. The number of para-hydroxylation sites is 2. The molecule has 0 bridgehead atoms. The molecule has 0 fully saturated rings. The molecule has 1 aliphatic heterocycles. The van der Waals surface area contributed by atoms with E-state index in [4.69, 9.17) is 9.47 Å². The van der Waals surface area contributed by atoms with Gasteiger partial charge in [-0.1, -0.05) is 12.1 Å².